The SMILES string of the molecule is CCC(CCC(=O)Nc1ccccn1)S(=O)(=O)O. The minimum absolute atomic E-state index is 0.0227. The minimum atomic E-state index is -4.08. The van der Waals surface area contributed by atoms with Crippen LogP contribution in [0.15, 0.2) is 24.4 Å². The number of hydrogen-bond donors (Lipinski definition) is 2. The highest BCUT2D eigenvalue weighted by Crippen LogP contribution is 2.12. The summed E-state index contributed by atoms with van der Waals surface area (Å²) in [5.41, 5.74) is 0. The first-order valence-corrected chi connectivity index (χ1v) is 7.11. The molecule has 18 heavy (non-hydrogen) atoms. The second-order valence-electron chi connectivity index (χ2n) is 3.85. The number of hydrogen-bond acceptors (Lipinski definition) is 4. The molecule has 1 heterocycles. The molecule has 0 aliphatic carbocycles. The van der Waals surface area contributed by atoms with Gasteiger partial charge in [0.2, 0.25) is 5.91 Å². The first-order valence-electron chi connectivity index (χ1n) is 5.60. The van der Waals surface area contributed by atoms with E-state index < -0.39 is 15.4 Å². The summed E-state index contributed by atoms with van der Waals surface area (Å²) in [5, 5.41) is 1.65. The summed E-state index contributed by atoms with van der Waals surface area (Å²) >= 11 is 0. The molecular weight excluding hydrogens is 256 g/mol. The Morgan fingerprint density at radius 1 is 1.50 bits per heavy atom. The summed E-state index contributed by atoms with van der Waals surface area (Å²) in [7, 11) is -4.08. The third kappa shape index (κ3) is 4.80. The van der Waals surface area contributed by atoms with Crippen LogP contribution in [-0.2, 0) is 14.9 Å². The van der Waals surface area contributed by atoms with Gasteiger partial charge in [0.25, 0.3) is 10.1 Å². The molecule has 0 aromatic carbocycles. The summed E-state index contributed by atoms with van der Waals surface area (Å²) < 4.78 is 30.8. The molecule has 7 heteroatoms. The van der Waals surface area contributed by atoms with Crippen LogP contribution in [0.1, 0.15) is 26.2 Å². The van der Waals surface area contributed by atoms with Crippen LogP contribution in [0, 0.1) is 0 Å². The maximum Gasteiger partial charge on any atom is 0.267 e. The van der Waals surface area contributed by atoms with Crippen LogP contribution in [0.2, 0.25) is 0 Å². The van der Waals surface area contributed by atoms with Crippen molar-refractivity contribution in [2.75, 3.05) is 5.32 Å². The van der Waals surface area contributed by atoms with Gasteiger partial charge in [0, 0.05) is 12.6 Å². The summed E-state index contributed by atoms with van der Waals surface area (Å²) in [6.45, 7) is 1.65. The molecule has 100 valence electrons. The average Bonchev–Trinajstić information content (AvgIpc) is 2.29. The lowest BCUT2D eigenvalue weighted by atomic mass is 10.2. The number of nitrogens with zero attached hydrogens (tertiary/aromatic N) is 1. The molecule has 0 spiro atoms. The number of anilines is 1. The van der Waals surface area contributed by atoms with Crippen molar-refractivity contribution >= 4 is 21.8 Å². The molecule has 1 rings (SSSR count). The van der Waals surface area contributed by atoms with Crippen LogP contribution in [0.5, 0.6) is 0 Å². The zero-order chi connectivity index (χ0) is 13.6. The molecule has 2 N–H and O–H groups in total. The number of aromatic nitrogens is 1. The fourth-order valence-electron chi connectivity index (χ4n) is 1.50. The third-order valence-electron chi connectivity index (χ3n) is 2.50. The van der Waals surface area contributed by atoms with E-state index in [1.807, 2.05) is 0 Å². The highest BCUT2D eigenvalue weighted by Gasteiger charge is 2.21. The summed E-state index contributed by atoms with van der Waals surface area (Å²) in [4.78, 5) is 15.4. The zero-order valence-corrected chi connectivity index (χ0v) is 10.9. The number of pyridine rings is 1. The van der Waals surface area contributed by atoms with E-state index in [1.165, 1.54) is 0 Å². The average molecular weight is 272 g/mol. The van der Waals surface area contributed by atoms with Gasteiger partial charge < -0.3 is 5.32 Å². The Morgan fingerprint density at radius 2 is 2.22 bits per heavy atom. The number of nitrogens with one attached hydrogen (secondary N) is 1. The molecular formula is C11H16N2O4S. The van der Waals surface area contributed by atoms with Crippen LogP contribution >= 0.6 is 0 Å². The fraction of sp³-hybridized carbons (Fsp3) is 0.455. The number of rotatable bonds is 6. The minimum Gasteiger partial charge on any atom is -0.311 e. The topological polar surface area (TPSA) is 96.4 Å². The molecule has 0 fully saturated rings. The summed E-state index contributed by atoms with van der Waals surface area (Å²) in [6.07, 6.45) is 1.93. The van der Waals surface area contributed by atoms with Crippen molar-refractivity contribution in [1.82, 2.24) is 4.98 Å². The quantitative estimate of drug-likeness (QED) is 0.764. The Bertz CT molecular complexity index is 487. The van der Waals surface area contributed by atoms with Crippen molar-refractivity contribution in [3.8, 4) is 0 Å². The molecule has 0 aliphatic rings. The van der Waals surface area contributed by atoms with Crippen molar-refractivity contribution in [1.29, 1.82) is 0 Å². The Kier molecular flexibility index (Phi) is 5.24. The lowest BCUT2D eigenvalue weighted by Gasteiger charge is -2.10. The fourth-order valence-corrected chi connectivity index (χ4v) is 2.33. The predicted molar refractivity (Wildman–Crippen MR) is 67.7 cm³/mol. The first-order chi connectivity index (χ1) is 8.43. The van der Waals surface area contributed by atoms with Crippen LogP contribution in [-0.4, -0.2) is 29.1 Å². The second kappa shape index (κ2) is 6.46. The summed E-state index contributed by atoms with van der Waals surface area (Å²) in [5.74, 6) is 0.0956. The van der Waals surface area contributed by atoms with E-state index in [-0.39, 0.29) is 25.2 Å². The van der Waals surface area contributed by atoms with Crippen molar-refractivity contribution in [3.05, 3.63) is 24.4 Å². The smallest absolute Gasteiger partial charge is 0.267 e. The van der Waals surface area contributed by atoms with E-state index in [0.29, 0.717) is 5.82 Å². The number of amides is 1. The first kappa shape index (κ1) is 14.6. The van der Waals surface area contributed by atoms with Crippen molar-refractivity contribution < 1.29 is 17.8 Å². The van der Waals surface area contributed by atoms with E-state index >= 15 is 0 Å². The van der Waals surface area contributed by atoms with E-state index in [9.17, 15) is 13.2 Å². The molecule has 0 aliphatic heterocycles. The van der Waals surface area contributed by atoms with Gasteiger partial charge in [0.05, 0.1) is 5.25 Å². The normalized spacial score (nSPS) is 13.0. The Balaban J connectivity index is 2.47. The Morgan fingerprint density at radius 3 is 2.72 bits per heavy atom. The highest BCUT2D eigenvalue weighted by atomic mass is 32.2. The Labute approximate surface area is 106 Å². The molecule has 0 radical (unpaired) electrons. The number of carbonyl (C=O) groups is 1. The standard InChI is InChI=1S/C11H16N2O4S/c1-2-9(18(15,16)17)6-7-11(14)13-10-5-3-4-8-12-10/h3-5,8-9H,2,6-7H2,1H3,(H,12,13,14)(H,15,16,17). The molecule has 1 amide bonds. The molecule has 0 saturated carbocycles. The molecule has 0 bridgehead atoms. The second-order valence-corrected chi connectivity index (χ2v) is 5.54. The van der Waals surface area contributed by atoms with Crippen LogP contribution in [0.3, 0.4) is 0 Å². The van der Waals surface area contributed by atoms with Crippen molar-refractivity contribution in [2.24, 2.45) is 0 Å². The van der Waals surface area contributed by atoms with E-state index in [2.05, 4.69) is 10.3 Å². The van der Waals surface area contributed by atoms with Crippen molar-refractivity contribution in [2.45, 2.75) is 31.4 Å². The van der Waals surface area contributed by atoms with Gasteiger partial charge in [-0.15, -0.1) is 0 Å². The highest BCUT2D eigenvalue weighted by molar-refractivity contribution is 7.86. The van der Waals surface area contributed by atoms with Crippen LogP contribution in [0.25, 0.3) is 0 Å². The molecule has 6 nitrogen and oxygen atoms in total. The molecule has 1 unspecified atom stereocenters. The van der Waals surface area contributed by atoms with Crippen LogP contribution in [0.4, 0.5) is 5.82 Å². The maximum absolute atomic E-state index is 11.5. The predicted octanol–water partition coefficient (Wildman–Crippen LogP) is 1.47. The van der Waals surface area contributed by atoms with Gasteiger partial charge in [-0.2, -0.15) is 8.42 Å². The van der Waals surface area contributed by atoms with Gasteiger partial charge in [-0.3, -0.25) is 9.35 Å². The Hall–Kier alpha value is -1.47. The lowest BCUT2D eigenvalue weighted by molar-refractivity contribution is -0.116. The van der Waals surface area contributed by atoms with E-state index in [0.717, 1.165) is 0 Å². The van der Waals surface area contributed by atoms with Crippen LogP contribution < -0.4 is 5.32 Å². The van der Waals surface area contributed by atoms with E-state index in [1.54, 1.807) is 31.3 Å². The molecule has 1 atom stereocenters. The van der Waals surface area contributed by atoms with Crippen molar-refractivity contribution in [3.63, 3.8) is 0 Å². The molecule has 1 aromatic heterocycles. The van der Waals surface area contributed by atoms with E-state index in [4.69, 9.17) is 4.55 Å². The van der Waals surface area contributed by atoms with Gasteiger partial charge >= 0.3 is 0 Å². The third-order valence-corrected chi connectivity index (χ3v) is 3.91. The monoisotopic (exact) mass is 272 g/mol. The summed E-state index contributed by atoms with van der Waals surface area (Å²) in [6, 6.07) is 5.09. The molecule has 0 saturated heterocycles. The van der Waals surface area contributed by atoms with Gasteiger partial charge in [-0.1, -0.05) is 13.0 Å². The van der Waals surface area contributed by atoms with Gasteiger partial charge in [0.15, 0.2) is 0 Å². The van der Waals surface area contributed by atoms with Gasteiger partial charge in [0.1, 0.15) is 5.82 Å². The zero-order valence-electron chi connectivity index (χ0n) is 10.0. The van der Waals surface area contributed by atoms with Gasteiger partial charge in [-0.25, -0.2) is 4.98 Å². The van der Waals surface area contributed by atoms with Gasteiger partial charge in [-0.05, 0) is 25.0 Å². The largest absolute Gasteiger partial charge is 0.311 e. The lowest BCUT2D eigenvalue weighted by Crippen LogP contribution is -2.22. The molecule has 1 aromatic rings. The number of carbonyl (C=O) groups excluding carboxylic acids is 1. The maximum atomic E-state index is 11.5.